The number of anilines is 1. The monoisotopic (exact) mass is 301 g/mol. The van der Waals surface area contributed by atoms with Crippen LogP contribution in [0.4, 0.5) is 5.82 Å². The van der Waals surface area contributed by atoms with Crippen LogP contribution in [0, 0.1) is 6.92 Å². The minimum atomic E-state index is 0.568. The molecule has 1 aliphatic carbocycles. The van der Waals surface area contributed by atoms with Crippen LogP contribution in [0.3, 0.4) is 0 Å². The topological polar surface area (TPSA) is 37.8 Å². The summed E-state index contributed by atoms with van der Waals surface area (Å²) in [6.45, 7) is 1.91. The molecule has 1 aromatic rings. The average molecular weight is 302 g/mol. The van der Waals surface area contributed by atoms with Crippen molar-refractivity contribution in [1.82, 2.24) is 9.97 Å². The highest BCUT2D eigenvalue weighted by molar-refractivity contribution is 9.10. The van der Waals surface area contributed by atoms with Crippen molar-refractivity contribution in [3.05, 3.63) is 16.5 Å². The summed E-state index contributed by atoms with van der Waals surface area (Å²) in [4.78, 5) is 8.59. The highest BCUT2D eigenvalue weighted by atomic mass is 79.9. The maximum Gasteiger partial charge on any atom is 0.131 e. The van der Waals surface area contributed by atoms with Crippen molar-refractivity contribution in [3.8, 4) is 0 Å². The zero-order valence-corrected chi connectivity index (χ0v) is 11.9. The van der Waals surface area contributed by atoms with Crippen LogP contribution in [0.5, 0.6) is 0 Å². The van der Waals surface area contributed by atoms with Crippen molar-refractivity contribution in [2.45, 2.75) is 37.5 Å². The minimum absolute atomic E-state index is 0.568. The molecule has 0 aromatic carbocycles. The third-order valence-electron chi connectivity index (χ3n) is 2.88. The van der Waals surface area contributed by atoms with Crippen molar-refractivity contribution in [2.75, 3.05) is 11.6 Å². The van der Waals surface area contributed by atoms with Gasteiger partial charge in [0.15, 0.2) is 0 Å². The van der Waals surface area contributed by atoms with Gasteiger partial charge in [-0.15, -0.1) is 0 Å². The van der Waals surface area contributed by atoms with Crippen molar-refractivity contribution in [2.24, 2.45) is 0 Å². The normalized spacial score (nSPS) is 24.7. The predicted molar refractivity (Wildman–Crippen MR) is 73.0 cm³/mol. The Labute approximate surface area is 109 Å². The Morgan fingerprint density at radius 2 is 2.25 bits per heavy atom. The quantitative estimate of drug-likeness (QED) is 0.870. The van der Waals surface area contributed by atoms with Crippen molar-refractivity contribution >= 4 is 33.5 Å². The van der Waals surface area contributed by atoms with Crippen LogP contribution in [0.25, 0.3) is 0 Å². The molecular formula is C11H16BrN3S. The lowest BCUT2D eigenvalue weighted by Gasteiger charge is -2.13. The molecule has 0 amide bonds. The van der Waals surface area contributed by atoms with Gasteiger partial charge in [0.05, 0.1) is 0 Å². The predicted octanol–water partition coefficient (Wildman–Crippen LogP) is 3.24. The number of halogens is 1. The molecule has 2 unspecified atom stereocenters. The summed E-state index contributed by atoms with van der Waals surface area (Å²) >= 11 is 5.36. The van der Waals surface area contributed by atoms with Crippen molar-refractivity contribution in [1.29, 1.82) is 0 Å². The van der Waals surface area contributed by atoms with E-state index >= 15 is 0 Å². The fraction of sp³-hybridized carbons (Fsp3) is 0.636. The van der Waals surface area contributed by atoms with E-state index in [1.54, 1.807) is 0 Å². The van der Waals surface area contributed by atoms with Crippen LogP contribution in [-0.2, 0) is 0 Å². The zero-order valence-electron chi connectivity index (χ0n) is 9.53. The molecular weight excluding hydrogens is 286 g/mol. The second-order valence-corrected chi connectivity index (χ2v) is 6.09. The molecule has 88 valence electrons. The Morgan fingerprint density at radius 3 is 2.88 bits per heavy atom. The number of hydrogen-bond donors (Lipinski definition) is 1. The van der Waals surface area contributed by atoms with E-state index in [1.807, 2.05) is 24.8 Å². The second kappa shape index (κ2) is 5.36. The Morgan fingerprint density at radius 1 is 1.44 bits per heavy atom. The summed E-state index contributed by atoms with van der Waals surface area (Å²) in [7, 11) is 0. The molecule has 1 heterocycles. The van der Waals surface area contributed by atoms with E-state index in [9.17, 15) is 0 Å². The van der Waals surface area contributed by atoms with Gasteiger partial charge >= 0.3 is 0 Å². The van der Waals surface area contributed by atoms with E-state index in [-0.39, 0.29) is 0 Å². The van der Waals surface area contributed by atoms with Gasteiger partial charge in [0.25, 0.3) is 0 Å². The molecule has 1 aliphatic rings. The Kier molecular flexibility index (Phi) is 4.08. The van der Waals surface area contributed by atoms with E-state index in [4.69, 9.17) is 0 Å². The lowest BCUT2D eigenvalue weighted by molar-refractivity contribution is 0.749. The lowest BCUT2D eigenvalue weighted by Crippen LogP contribution is -2.17. The smallest absolute Gasteiger partial charge is 0.131 e. The van der Waals surface area contributed by atoms with E-state index in [1.165, 1.54) is 19.3 Å². The molecule has 0 spiro atoms. The van der Waals surface area contributed by atoms with Gasteiger partial charge in [-0.3, -0.25) is 0 Å². The molecule has 2 atom stereocenters. The first-order valence-corrected chi connectivity index (χ1v) is 7.56. The van der Waals surface area contributed by atoms with Crippen LogP contribution in [0.2, 0.25) is 0 Å². The minimum Gasteiger partial charge on any atom is -0.367 e. The maximum absolute atomic E-state index is 4.39. The van der Waals surface area contributed by atoms with Crippen molar-refractivity contribution in [3.63, 3.8) is 0 Å². The molecule has 1 aromatic heterocycles. The molecule has 3 nitrogen and oxygen atoms in total. The molecule has 2 rings (SSSR count). The first kappa shape index (κ1) is 12.2. The van der Waals surface area contributed by atoms with Crippen LogP contribution in [0.1, 0.15) is 25.1 Å². The van der Waals surface area contributed by atoms with Gasteiger partial charge in [0, 0.05) is 17.4 Å². The number of rotatable bonds is 3. The van der Waals surface area contributed by atoms with Gasteiger partial charge in [-0.2, -0.15) is 11.8 Å². The second-order valence-electron chi connectivity index (χ2n) is 4.14. The number of hydrogen-bond acceptors (Lipinski definition) is 4. The van der Waals surface area contributed by atoms with Crippen LogP contribution in [0.15, 0.2) is 10.7 Å². The third-order valence-corrected chi connectivity index (χ3v) is 4.38. The Bertz CT molecular complexity index is 352. The van der Waals surface area contributed by atoms with Crippen LogP contribution >= 0.6 is 27.7 Å². The standard InChI is InChI=1S/C11H16BrN3S/c1-7-13-10(12)6-11(14-7)15-8-3-4-9(5-8)16-2/h6,8-9H,3-5H2,1-2H3,(H,13,14,15). The highest BCUT2D eigenvalue weighted by Crippen LogP contribution is 2.30. The number of aryl methyl sites for hydroxylation is 1. The van der Waals surface area contributed by atoms with Gasteiger partial charge in [0.2, 0.25) is 0 Å². The largest absolute Gasteiger partial charge is 0.367 e. The Balaban J connectivity index is 1.99. The molecule has 1 N–H and O–H groups in total. The molecule has 16 heavy (non-hydrogen) atoms. The van der Waals surface area contributed by atoms with Gasteiger partial charge in [-0.1, -0.05) is 0 Å². The summed E-state index contributed by atoms with van der Waals surface area (Å²) in [6, 6.07) is 2.51. The fourth-order valence-electron chi connectivity index (χ4n) is 2.10. The van der Waals surface area contributed by atoms with Gasteiger partial charge in [0.1, 0.15) is 16.2 Å². The van der Waals surface area contributed by atoms with E-state index in [0.29, 0.717) is 6.04 Å². The van der Waals surface area contributed by atoms with E-state index in [0.717, 1.165) is 21.5 Å². The molecule has 0 radical (unpaired) electrons. The van der Waals surface area contributed by atoms with E-state index in [2.05, 4.69) is 37.5 Å². The molecule has 1 saturated carbocycles. The summed E-state index contributed by atoms with van der Waals surface area (Å²) in [5, 5.41) is 4.30. The van der Waals surface area contributed by atoms with Gasteiger partial charge in [-0.25, -0.2) is 9.97 Å². The van der Waals surface area contributed by atoms with Crippen LogP contribution in [-0.4, -0.2) is 27.5 Å². The number of nitrogens with one attached hydrogen (secondary N) is 1. The number of nitrogens with zero attached hydrogens (tertiary/aromatic N) is 2. The third kappa shape index (κ3) is 3.10. The van der Waals surface area contributed by atoms with E-state index < -0.39 is 0 Å². The molecule has 1 fully saturated rings. The highest BCUT2D eigenvalue weighted by Gasteiger charge is 2.23. The molecule has 5 heteroatoms. The molecule has 0 aliphatic heterocycles. The van der Waals surface area contributed by atoms with Crippen LogP contribution < -0.4 is 5.32 Å². The van der Waals surface area contributed by atoms with Gasteiger partial charge in [-0.05, 0) is 48.4 Å². The fourth-order valence-corrected chi connectivity index (χ4v) is 3.37. The number of aromatic nitrogens is 2. The lowest BCUT2D eigenvalue weighted by atomic mass is 10.2. The first-order valence-electron chi connectivity index (χ1n) is 5.48. The summed E-state index contributed by atoms with van der Waals surface area (Å²) in [5.41, 5.74) is 0. The molecule has 0 saturated heterocycles. The average Bonchev–Trinajstić information content (AvgIpc) is 2.64. The number of thioether (sulfide) groups is 1. The first-order chi connectivity index (χ1) is 7.67. The van der Waals surface area contributed by atoms with Gasteiger partial charge < -0.3 is 5.32 Å². The zero-order chi connectivity index (χ0) is 11.5. The summed E-state index contributed by atoms with van der Waals surface area (Å²) < 4.78 is 0.849. The summed E-state index contributed by atoms with van der Waals surface area (Å²) in [5.74, 6) is 1.74. The van der Waals surface area contributed by atoms with Crippen molar-refractivity contribution < 1.29 is 0 Å². The SMILES string of the molecule is CSC1CCC(Nc2cc(Br)nc(C)n2)C1. The Hall–Kier alpha value is -0.290. The summed E-state index contributed by atoms with van der Waals surface area (Å²) in [6.07, 6.45) is 5.98. The maximum atomic E-state index is 4.39. The molecule has 0 bridgehead atoms.